The highest BCUT2D eigenvalue weighted by atomic mass is 19.1. The Morgan fingerprint density at radius 2 is 1.74 bits per heavy atom. The average molecular weight is 478 g/mol. The molecule has 0 radical (unpaired) electrons. The van der Waals surface area contributed by atoms with E-state index >= 15 is 0 Å². The monoisotopic (exact) mass is 478 g/mol. The number of carbonyl (C=O) groups is 1. The molecule has 8 nitrogen and oxygen atoms in total. The van der Waals surface area contributed by atoms with Crippen molar-refractivity contribution in [1.29, 1.82) is 0 Å². The Labute approximate surface area is 201 Å². The summed E-state index contributed by atoms with van der Waals surface area (Å²) in [7, 11) is 5.97. The van der Waals surface area contributed by atoms with Crippen LogP contribution in [0.2, 0.25) is 0 Å². The topological polar surface area (TPSA) is 92.9 Å². The summed E-state index contributed by atoms with van der Waals surface area (Å²) in [5, 5.41) is 3.97. The van der Waals surface area contributed by atoms with Gasteiger partial charge in [0.2, 0.25) is 5.82 Å². The minimum absolute atomic E-state index is 0.173. The summed E-state index contributed by atoms with van der Waals surface area (Å²) in [6, 6.07) is 15.3. The molecule has 0 saturated carbocycles. The Kier molecular flexibility index (Phi) is 7.07. The maximum Gasteiger partial charge on any atom is 0.340 e. The van der Waals surface area contributed by atoms with E-state index in [1.807, 2.05) is 36.4 Å². The fourth-order valence-electron chi connectivity index (χ4n) is 3.75. The lowest BCUT2D eigenvalue weighted by atomic mass is 9.96. The third-order valence-corrected chi connectivity index (χ3v) is 5.40. The maximum absolute atomic E-state index is 14.3. The molecule has 3 aromatic carbocycles. The zero-order chi connectivity index (χ0) is 24.9. The van der Waals surface area contributed by atoms with E-state index in [4.69, 9.17) is 18.7 Å². The number of nitrogens with zero attached hydrogens (tertiary/aromatic N) is 2. The second-order valence-electron chi connectivity index (χ2n) is 7.46. The summed E-state index contributed by atoms with van der Waals surface area (Å²) in [5.74, 6) is 0.157. The van der Waals surface area contributed by atoms with Crippen molar-refractivity contribution in [1.82, 2.24) is 10.1 Å². The lowest BCUT2D eigenvalue weighted by molar-refractivity contribution is 0.0595. The lowest BCUT2D eigenvalue weighted by Gasteiger charge is -2.16. The molecule has 180 valence electrons. The van der Waals surface area contributed by atoms with E-state index in [9.17, 15) is 9.18 Å². The van der Waals surface area contributed by atoms with Crippen molar-refractivity contribution >= 4 is 5.97 Å². The molecule has 1 aromatic heterocycles. The van der Waals surface area contributed by atoms with E-state index in [1.165, 1.54) is 19.2 Å². The van der Waals surface area contributed by atoms with Gasteiger partial charge in [-0.2, -0.15) is 4.98 Å². The van der Waals surface area contributed by atoms with Crippen LogP contribution in [0, 0.1) is 5.82 Å². The highest BCUT2D eigenvalue weighted by Gasteiger charge is 2.19. The Morgan fingerprint density at radius 3 is 2.43 bits per heavy atom. The Balaban J connectivity index is 1.71. The van der Waals surface area contributed by atoms with Crippen LogP contribution in [0.3, 0.4) is 0 Å². The van der Waals surface area contributed by atoms with E-state index in [2.05, 4.69) is 14.9 Å². The summed E-state index contributed by atoms with van der Waals surface area (Å²) < 4.78 is 40.8. The zero-order valence-corrected chi connectivity index (χ0v) is 19.6. The second-order valence-corrected chi connectivity index (χ2v) is 7.46. The number of hydrogen-bond acceptors (Lipinski definition) is 8. The Hall–Kier alpha value is -4.24. The van der Waals surface area contributed by atoms with Crippen LogP contribution in [0.5, 0.6) is 11.5 Å². The van der Waals surface area contributed by atoms with Crippen molar-refractivity contribution < 1.29 is 32.7 Å². The summed E-state index contributed by atoms with van der Waals surface area (Å²) in [6.45, 7) is 0.324. The summed E-state index contributed by atoms with van der Waals surface area (Å²) >= 11 is 0. The molecule has 0 saturated heterocycles. The number of esters is 1. The normalized spacial score (nSPS) is 10.8. The molecule has 0 bridgehead atoms. The molecule has 4 rings (SSSR count). The van der Waals surface area contributed by atoms with Gasteiger partial charge in [0.05, 0.1) is 33.5 Å². The van der Waals surface area contributed by atoms with Crippen molar-refractivity contribution in [2.75, 3.05) is 28.4 Å². The van der Waals surface area contributed by atoms with Gasteiger partial charge in [0, 0.05) is 23.8 Å². The smallest absolute Gasteiger partial charge is 0.340 e. The molecule has 0 aliphatic carbocycles. The largest absolute Gasteiger partial charge is 0.493 e. The summed E-state index contributed by atoms with van der Waals surface area (Å²) in [4.78, 5) is 16.0. The predicted molar refractivity (Wildman–Crippen MR) is 126 cm³/mol. The van der Waals surface area contributed by atoms with Crippen LogP contribution in [-0.2, 0) is 16.1 Å². The van der Waals surface area contributed by atoms with E-state index in [1.54, 1.807) is 21.3 Å². The predicted octanol–water partition coefficient (Wildman–Crippen LogP) is 5.16. The summed E-state index contributed by atoms with van der Waals surface area (Å²) in [6.07, 6.45) is 0. The van der Waals surface area contributed by atoms with Crippen molar-refractivity contribution in [3.63, 3.8) is 0 Å². The van der Waals surface area contributed by atoms with Gasteiger partial charge in [0.25, 0.3) is 5.89 Å². The van der Waals surface area contributed by atoms with Crippen LogP contribution >= 0.6 is 0 Å². The molecular formula is C26H23FN2O6. The molecule has 0 N–H and O–H groups in total. The van der Waals surface area contributed by atoms with Gasteiger partial charge in [-0.3, -0.25) is 0 Å². The van der Waals surface area contributed by atoms with Crippen LogP contribution in [0.4, 0.5) is 4.39 Å². The van der Waals surface area contributed by atoms with Crippen molar-refractivity contribution in [3.8, 4) is 45.5 Å². The SMILES string of the molecule is COCc1cc(-c2nc(-c3ccc(C(=O)OC)c(F)c3)no2)ccc1-c1cccc(OC)c1OC. The maximum atomic E-state index is 14.3. The van der Waals surface area contributed by atoms with E-state index in [0.717, 1.165) is 22.8 Å². The van der Waals surface area contributed by atoms with Gasteiger partial charge in [-0.1, -0.05) is 23.4 Å². The molecule has 9 heteroatoms. The van der Waals surface area contributed by atoms with Gasteiger partial charge in [0.1, 0.15) is 5.82 Å². The van der Waals surface area contributed by atoms with Crippen molar-refractivity contribution in [3.05, 3.63) is 71.5 Å². The Morgan fingerprint density at radius 1 is 0.943 bits per heavy atom. The first-order chi connectivity index (χ1) is 17.0. The zero-order valence-electron chi connectivity index (χ0n) is 19.6. The molecule has 0 spiro atoms. The van der Waals surface area contributed by atoms with Gasteiger partial charge in [-0.25, -0.2) is 9.18 Å². The molecule has 0 fully saturated rings. The Bertz CT molecular complexity index is 1370. The van der Waals surface area contributed by atoms with Gasteiger partial charge in [-0.15, -0.1) is 0 Å². The lowest BCUT2D eigenvalue weighted by Crippen LogP contribution is -2.04. The van der Waals surface area contributed by atoms with E-state index in [0.29, 0.717) is 29.2 Å². The number of benzene rings is 3. The molecule has 0 amide bonds. The van der Waals surface area contributed by atoms with Gasteiger partial charge < -0.3 is 23.5 Å². The van der Waals surface area contributed by atoms with Crippen LogP contribution < -0.4 is 9.47 Å². The number of hydrogen-bond donors (Lipinski definition) is 0. The third-order valence-electron chi connectivity index (χ3n) is 5.40. The number of ether oxygens (including phenoxy) is 4. The average Bonchev–Trinajstić information content (AvgIpc) is 3.38. The summed E-state index contributed by atoms with van der Waals surface area (Å²) in [5.41, 5.74) is 3.45. The third kappa shape index (κ3) is 4.71. The molecule has 4 aromatic rings. The van der Waals surface area contributed by atoms with Crippen LogP contribution in [0.1, 0.15) is 15.9 Å². The highest BCUT2D eigenvalue weighted by molar-refractivity contribution is 5.90. The van der Waals surface area contributed by atoms with Crippen molar-refractivity contribution in [2.24, 2.45) is 0 Å². The molecule has 1 heterocycles. The van der Waals surface area contributed by atoms with Crippen LogP contribution in [0.25, 0.3) is 34.0 Å². The van der Waals surface area contributed by atoms with Crippen LogP contribution in [0.15, 0.2) is 59.1 Å². The number of para-hydroxylation sites is 1. The first-order valence-electron chi connectivity index (χ1n) is 10.6. The number of carbonyl (C=O) groups excluding carboxylic acids is 1. The quantitative estimate of drug-likeness (QED) is 0.321. The number of aromatic nitrogens is 2. The number of methoxy groups -OCH3 is 4. The molecule has 0 unspecified atom stereocenters. The molecule has 0 atom stereocenters. The van der Waals surface area contributed by atoms with Gasteiger partial charge in [0.15, 0.2) is 11.5 Å². The first kappa shape index (κ1) is 23.9. The fraction of sp³-hybridized carbons (Fsp3) is 0.192. The molecular weight excluding hydrogens is 455 g/mol. The minimum Gasteiger partial charge on any atom is -0.493 e. The minimum atomic E-state index is -0.763. The fourth-order valence-corrected chi connectivity index (χ4v) is 3.75. The van der Waals surface area contributed by atoms with Gasteiger partial charge >= 0.3 is 5.97 Å². The first-order valence-corrected chi connectivity index (χ1v) is 10.6. The molecule has 0 aliphatic heterocycles. The standard InChI is InChI=1S/C26H23FN2O6/c1-31-14-17-12-16(9-10-18(17)19-6-5-7-22(32-2)23(19)33-3)25-28-24(29-35-25)15-8-11-20(21(27)13-15)26(30)34-4/h5-13H,14H2,1-4H3. The van der Waals surface area contributed by atoms with Gasteiger partial charge in [-0.05, 0) is 47.5 Å². The van der Waals surface area contributed by atoms with Crippen LogP contribution in [-0.4, -0.2) is 44.5 Å². The van der Waals surface area contributed by atoms with E-state index in [-0.39, 0.29) is 17.3 Å². The van der Waals surface area contributed by atoms with Crippen molar-refractivity contribution in [2.45, 2.75) is 6.61 Å². The van der Waals surface area contributed by atoms with E-state index < -0.39 is 11.8 Å². The second kappa shape index (κ2) is 10.4. The molecule has 0 aliphatic rings. The highest BCUT2D eigenvalue weighted by Crippen LogP contribution is 2.40. The number of rotatable bonds is 8. The number of halogens is 1. The molecule has 35 heavy (non-hydrogen) atoms.